The monoisotopic (exact) mass is 418 g/mol. The first-order valence-corrected chi connectivity index (χ1v) is 12.2. The SMILES string of the molecule is C=CC(C)c1ccc(C)cc1.CC12CCC3=C4CCC(=O)C=C4CCC3C1CCC2O. The van der Waals surface area contributed by atoms with E-state index in [-0.39, 0.29) is 11.5 Å². The van der Waals surface area contributed by atoms with Crippen molar-refractivity contribution < 1.29 is 9.90 Å². The van der Waals surface area contributed by atoms with Gasteiger partial charge in [0.2, 0.25) is 0 Å². The summed E-state index contributed by atoms with van der Waals surface area (Å²) in [6, 6.07) is 8.58. The standard InChI is InChI=1S/C18H24O2.C11H14/c1-18-9-8-14-13-5-3-12(19)10-11(13)2-4-15(14)16(18)6-7-17(18)20;1-4-10(3)11-7-5-9(2)6-8-11/h10,15-17,20H,2-9H2,1H3;4-8,10H,1H2,2-3H3. The van der Waals surface area contributed by atoms with E-state index < -0.39 is 0 Å². The van der Waals surface area contributed by atoms with Gasteiger partial charge in [0.25, 0.3) is 0 Å². The fourth-order valence-corrected chi connectivity index (χ4v) is 6.51. The lowest BCUT2D eigenvalue weighted by Gasteiger charge is -2.48. The predicted octanol–water partition coefficient (Wildman–Crippen LogP) is 6.84. The number of rotatable bonds is 2. The van der Waals surface area contributed by atoms with Gasteiger partial charge in [0.15, 0.2) is 5.78 Å². The molecule has 1 aromatic rings. The Labute approximate surface area is 188 Å². The number of fused-ring (bicyclic) bond motifs is 4. The van der Waals surface area contributed by atoms with E-state index in [9.17, 15) is 9.90 Å². The van der Waals surface area contributed by atoms with Crippen molar-refractivity contribution in [2.75, 3.05) is 0 Å². The Hall–Kier alpha value is -1.93. The van der Waals surface area contributed by atoms with Crippen LogP contribution in [0.5, 0.6) is 0 Å². The molecule has 0 aliphatic heterocycles. The van der Waals surface area contributed by atoms with Crippen LogP contribution in [0.2, 0.25) is 0 Å². The van der Waals surface area contributed by atoms with Gasteiger partial charge in [-0.3, -0.25) is 4.79 Å². The molecule has 0 heterocycles. The van der Waals surface area contributed by atoms with Crippen molar-refractivity contribution in [2.45, 2.75) is 84.2 Å². The zero-order valence-electron chi connectivity index (χ0n) is 19.5. The molecule has 166 valence electrons. The summed E-state index contributed by atoms with van der Waals surface area (Å²) in [5.41, 5.74) is 7.33. The van der Waals surface area contributed by atoms with Crippen molar-refractivity contribution in [3.8, 4) is 0 Å². The highest BCUT2D eigenvalue weighted by Crippen LogP contribution is 2.59. The number of carbonyl (C=O) groups excluding carboxylic acids is 1. The molecule has 0 saturated heterocycles. The molecule has 0 spiro atoms. The van der Waals surface area contributed by atoms with E-state index in [1.807, 2.05) is 12.2 Å². The van der Waals surface area contributed by atoms with Crippen LogP contribution in [0, 0.1) is 24.2 Å². The van der Waals surface area contributed by atoms with Crippen LogP contribution in [-0.4, -0.2) is 17.0 Å². The van der Waals surface area contributed by atoms with Crippen LogP contribution in [0.25, 0.3) is 0 Å². The van der Waals surface area contributed by atoms with Gasteiger partial charge in [-0.2, -0.15) is 0 Å². The predicted molar refractivity (Wildman–Crippen MR) is 128 cm³/mol. The second-order valence-corrected chi connectivity index (χ2v) is 10.4. The smallest absolute Gasteiger partial charge is 0.156 e. The number of allylic oxidation sites excluding steroid dienone is 5. The highest BCUT2D eigenvalue weighted by Gasteiger charge is 2.53. The average Bonchev–Trinajstić information content (AvgIpc) is 3.08. The molecule has 2 heteroatoms. The summed E-state index contributed by atoms with van der Waals surface area (Å²) in [7, 11) is 0. The van der Waals surface area contributed by atoms with E-state index in [2.05, 4.69) is 51.6 Å². The fraction of sp³-hybridized carbons (Fsp3) is 0.552. The number of ketones is 1. The average molecular weight is 419 g/mol. The first kappa shape index (κ1) is 22.3. The Balaban J connectivity index is 0.000000180. The summed E-state index contributed by atoms with van der Waals surface area (Å²) in [6.07, 6.45) is 12.2. The summed E-state index contributed by atoms with van der Waals surface area (Å²) in [6.45, 7) is 10.3. The molecule has 4 aliphatic carbocycles. The Morgan fingerprint density at radius 2 is 1.84 bits per heavy atom. The van der Waals surface area contributed by atoms with Crippen molar-refractivity contribution in [1.29, 1.82) is 0 Å². The minimum absolute atomic E-state index is 0.0936. The Morgan fingerprint density at radius 3 is 2.55 bits per heavy atom. The molecule has 0 amide bonds. The molecule has 2 fully saturated rings. The Kier molecular flexibility index (Phi) is 6.40. The second-order valence-electron chi connectivity index (χ2n) is 10.4. The Morgan fingerprint density at radius 1 is 1.10 bits per heavy atom. The van der Waals surface area contributed by atoms with Crippen LogP contribution in [0.1, 0.15) is 82.3 Å². The van der Waals surface area contributed by atoms with Gasteiger partial charge in [-0.15, -0.1) is 6.58 Å². The number of aliphatic hydroxyl groups excluding tert-OH is 1. The van der Waals surface area contributed by atoms with E-state index >= 15 is 0 Å². The molecule has 0 aromatic heterocycles. The molecular weight excluding hydrogens is 380 g/mol. The first-order valence-electron chi connectivity index (χ1n) is 12.2. The van der Waals surface area contributed by atoms with Crippen LogP contribution < -0.4 is 0 Å². The molecule has 4 aliphatic rings. The highest BCUT2D eigenvalue weighted by atomic mass is 16.3. The molecule has 5 atom stereocenters. The van der Waals surface area contributed by atoms with Gasteiger partial charge in [-0.05, 0) is 97.8 Å². The minimum Gasteiger partial charge on any atom is -0.393 e. The van der Waals surface area contributed by atoms with Crippen LogP contribution in [0.3, 0.4) is 0 Å². The normalized spacial score (nSPS) is 32.7. The number of hydrogen-bond acceptors (Lipinski definition) is 2. The maximum atomic E-state index is 11.6. The van der Waals surface area contributed by atoms with Gasteiger partial charge in [-0.1, -0.05) is 55.3 Å². The molecule has 5 rings (SSSR count). The van der Waals surface area contributed by atoms with Crippen LogP contribution >= 0.6 is 0 Å². The van der Waals surface area contributed by atoms with E-state index in [1.165, 1.54) is 35.1 Å². The summed E-state index contributed by atoms with van der Waals surface area (Å²) < 4.78 is 0. The lowest BCUT2D eigenvalue weighted by Crippen LogP contribution is -2.42. The van der Waals surface area contributed by atoms with Gasteiger partial charge < -0.3 is 5.11 Å². The van der Waals surface area contributed by atoms with E-state index in [0.29, 0.717) is 30.0 Å². The molecule has 2 nitrogen and oxygen atoms in total. The fourth-order valence-electron chi connectivity index (χ4n) is 6.51. The second kappa shape index (κ2) is 8.90. The van der Waals surface area contributed by atoms with E-state index in [1.54, 1.807) is 5.57 Å². The zero-order valence-corrected chi connectivity index (χ0v) is 19.5. The number of carbonyl (C=O) groups is 1. The molecule has 31 heavy (non-hydrogen) atoms. The summed E-state index contributed by atoms with van der Waals surface area (Å²) in [5.74, 6) is 2.15. The van der Waals surface area contributed by atoms with Gasteiger partial charge in [0, 0.05) is 6.42 Å². The zero-order chi connectivity index (χ0) is 22.2. The van der Waals surface area contributed by atoms with E-state index in [4.69, 9.17) is 0 Å². The lowest BCUT2D eigenvalue weighted by atomic mass is 9.57. The Bertz CT molecular complexity index is 903. The van der Waals surface area contributed by atoms with Crippen LogP contribution in [0.15, 0.2) is 59.7 Å². The topological polar surface area (TPSA) is 37.3 Å². The maximum absolute atomic E-state index is 11.6. The van der Waals surface area contributed by atoms with Gasteiger partial charge in [0.05, 0.1) is 6.10 Å². The number of benzene rings is 1. The van der Waals surface area contributed by atoms with Crippen molar-refractivity contribution in [2.24, 2.45) is 17.3 Å². The molecule has 5 unspecified atom stereocenters. The van der Waals surface area contributed by atoms with Crippen LogP contribution in [0.4, 0.5) is 0 Å². The van der Waals surface area contributed by atoms with Crippen molar-refractivity contribution >= 4 is 5.78 Å². The van der Waals surface area contributed by atoms with Gasteiger partial charge in [-0.25, -0.2) is 0 Å². The third-order valence-electron chi connectivity index (χ3n) is 8.64. The maximum Gasteiger partial charge on any atom is 0.156 e. The van der Waals surface area contributed by atoms with Gasteiger partial charge >= 0.3 is 0 Å². The van der Waals surface area contributed by atoms with Crippen molar-refractivity contribution in [3.63, 3.8) is 0 Å². The molecule has 1 N–H and O–H groups in total. The highest BCUT2D eigenvalue weighted by molar-refractivity contribution is 5.93. The number of aryl methyl sites for hydroxylation is 1. The minimum atomic E-state index is -0.0936. The largest absolute Gasteiger partial charge is 0.393 e. The molecule has 2 saturated carbocycles. The third-order valence-corrected chi connectivity index (χ3v) is 8.64. The first-order chi connectivity index (χ1) is 14.8. The van der Waals surface area contributed by atoms with Gasteiger partial charge in [0.1, 0.15) is 0 Å². The third kappa shape index (κ3) is 4.24. The number of hydrogen-bond donors (Lipinski definition) is 1. The van der Waals surface area contributed by atoms with Crippen LogP contribution in [-0.2, 0) is 4.79 Å². The number of aliphatic hydroxyl groups is 1. The molecule has 0 bridgehead atoms. The molecule has 0 radical (unpaired) electrons. The quantitative estimate of drug-likeness (QED) is 0.534. The summed E-state index contributed by atoms with van der Waals surface area (Å²) in [5, 5.41) is 10.4. The van der Waals surface area contributed by atoms with Crippen molar-refractivity contribution in [1.82, 2.24) is 0 Å². The summed E-state index contributed by atoms with van der Waals surface area (Å²) in [4.78, 5) is 11.6. The molecule has 1 aromatic carbocycles. The van der Waals surface area contributed by atoms with Crippen molar-refractivity contribution in [3.05, 3.63) is 70.8 Å². The van der Waals surface area contributed by atoms with E-state index in [0.717, 1.165) is 32.1 Å². The summed E-state index contributed by atoms with van der Waals surface area (Å²) >= 11 is 0. The lowest BCUT2D eigenvalue weighted by molar-refractivity contribution is -0.114. The molecular formula is C29H38O2.